The number of hydrogen-bond donors (Lipinski definition) is 2. The monoisotopic (exact) mass is 325 g/mol. The van der Waals surface area contributed by atoms with E-state index in [2.05, 4.69) is 29.5 Å². The summed E-state index contributed by atoms with van der Waals surface area (Å²) in [5.74, 6) is 1.75. The Morgan fingerprint density at radius 2 is 2.00 bits per heavy atom. The lowest BCUT2D eigenvalue weighted by atomic mass is 9.78. The Morgan fingerprint density at radius 1 is 1.22 bits per heavy atom. The van der Waals surface area contributed by atoms with Crippen LogP contribution in [0.2, 0.25) is 0 Å². The molecule has 0 aromatic carbocycles. The zero-order chi connectivity index (χ0) is 16.5. The smallest absolute Gasteiger partial charge is 0.190 e. The molecule has 134 valence electrons. The number of guanidine groups is 1. The molecular formula is C18H35N3O2. The van der Waals surface area contributed by atoms with Gasteiger partial charge in [-0.05, 0) is 37.0 Å². The molecule has 1 unspecified atom stereocenters. The van der Waals surface area contributed by atoms with Crippen LogP contribution >= 0.6 is 0 Å². The molecule has 1 aliphatic heterocycles. The van der Waals surface area contributed by atoms with E-state index in [0.717, 1.165) is 57.6 Å². The maximum atomic E-state index is 5.77. The molecule has 23 heavy (non-hydrogen) atoms. The Balaban J connectivity index is 1.57. The van der Waals surface area contributed by atoms with Crippen LogP contribution in [-0.4, -0.2) is 52.0 Å². The molecule has 1 saturated heterocycles. The predicted octanol–water partition coefficient (Wildman–Crippen LogP) is 2.56. The van der Waals surface area contributed by atoms with E-state index in [1.165, 1.54) is 25.7 Å². The molecule has 5 nitrogen and oxygen atoms in total. The Morgan fingerprint density at radius 3 is 2.65 bits per heavy atom. The number of hydrogen-bond acceptors (Lipinski definition) is 3. The van der Waals surface area contributed by atoms with Gasteiger partial charge < -0.3 is 20.1 Å². The van der Waals surface area contributed by atoms with Crippen molar-refractivity contribution in [1.29, 1.82) is 0 Å². The molecule has 2 aliphatic rings. The van der Waals surface area contributed by atoms with Gasteiger partial charge in [0.2, 0.25) is 0 Å². The fraction of sp³-hybridized carbons (Fsp3) is 0.944. The molecule has 1 heterocycles. The average Bonchev–Trinajstić information content (AvgIpc) is 3.23. The van der Waals surface area contributed by atoms with Gasteiger partial charge in [-0.1, -0.05) is 26.7 Å². The molecule has 2 rings (SSSR count). The van der Waals surface area contributed by atoms with Gasteiger partial charge in [0.1, 0.15) is 0 Å². The topological polar surface area (TPSA) is 54.9 Å². The third-order valence-corrected chi connectivity index (χ3v) is 5.25. The highest BCUT2D eigenvalue weighted by Crippen LogP contribution is 2.38. The minimum absolute atomic E-state index is 0.305. The minimum atomic E-state index is 0.305. The molecule has 5 heteroatoms. The summed E-state index contributed by atoms with van der Waals surface area (Å²) in [6, 6.07) is 0. The van der Waals surface area contributed by atoms with Gasteiger partial charge >= 0.3 is 0 Å². The summed E-state index contributed by atoms with van der Waals surface area (Å²) in [5.41, 5.74) is 0.333. The van der Waals surface area contributed by atoms with Crippen molar-refractivity contribution in [2.45, 2.75) is 58.5 Å². The van der Waals surface area contributed by atoms with Crippen LogP contribution in [-0.2, 0) is 9.47 Å². The van der Waals surface area contributed by atoms with Crippen LogP contribution < -0.4 is 10.6 Å². The van der Waals surface area contributed by atoms with Gasteiger partial charge in [-0.15, -0.1) is 0 Å². The van der Waals surface area contributed by atoms with Crippen molar-refractivity contribution >= 4 is 5.96 Å². The van der Waals surface area contributed by atoms with Crippen molar-refractivity contribution in [2.24, 2.45) is 16.3 Å². The molecule has 0 amide bonds. The number of aliphatic imine (C=N–C) groups is 1. The second-order valence-corrected chi connectivity index (χ2v) is 7.53. The van der Waals surface area contributed by atoms with Crippen LogP contribution in [0.4, 0.5) is 0 Å². The Bertz CT molecular complexity index is 359. The van der Waals surface area contributed by atoms with E-state index in [9.17, 15) is 0 Å². The van der Waals surface area contributed by atoms with Crippen LogP contribution in [0.3, 0.4) is 0 Å². The quantitative estimate of drug-likeness (QED) is 0.409. The predicted molar refractivity (Wildman–Crippen MR) is 94.9 cm³/mol. The highest BCUT2D eigenvalue weighted by Gasteiger charge is 2.31. The van der Waals surface area contributed by atoms with E-state index >= 15 is 0 Å². The van der Waals surface area contributed by atoms with Gasteiger partial charge in [-0.25, -0.2) is 0 Å². The van der Waals surface area contributed by atoms with E-state index in [1.807, 2.05) is 7.05 Å². The number of rotatable bonds is 8. The van der Waals surface area contributed by atoms with Gasteiger partial charge in [0.25, 0.3) is 0 Å². The third kappa shape index (κ3) is 6.30. The number of nitrogens with zero attached hydrogens (tertiary/aromatic N) is 1. The van der Waals surface area contributed by atoms with Gasteiger partial charge in [-0.2, -0.15) is 0 Å². The summed E-state index contributed by atoms with van der Waals surface area (Å²) in [5, 5.41) is 6.88. The zero-order valence-electron chi connectivity index (χ0n) is 15.2. The lowest BCUT2D eigenvalue weighted by Gasteiger charge is -2.32. The highest BCUT2D eigenvalue weighted by molar-refractivity contribution is 5.79. The lowest BCUT2D eigenvalue weighted by Crippen LogP contribution is -2.44. The fourth-order valence-corrected chi connectivity index (χ4v) is 3.56. The summed E-state index contributed by atoms with van der Waals surface area (Å²) in [6.07, 6.45) is 7.88. The van der Waals surface area contributed by atoms with Crippen LogP contribution in [0.5, 0.6) is 0 Å². The first-order valence-electron chi connectivity index (χ1n) is 9.25. The maximum Gasteiger partial charge on any atom is 0.190 e. The summed E-state index contributed by atoms with van der Waals surface area (Å²) < 4.78 is 11.1. The maximum absolute atomic E-state index is 5.77. The second kappa shape index (κ2) is 9.48. The molecule has 2 N–H and O–H groups in total. The molecule has 0 bridgehead atoms. The van der Waals surface area contributed by atoms with Crippen LogP contribution in [0.15, 0.2) is 4.99 Å². The summed E-state index contributed by atoms with van der Waals surface area (Å²) in [4.78, 5) is 4.33. The summed E-state index contributed by atoms with van der Waals surface area (Å²) in [6.45, 7) is 9.00. The largest absolute Gasteiger partial charge is 0.379 e. The van der Waals surface area contributed by atoms with Gasteiger partial charge in [0.15, 0.2) is 5.96 Å². The van der Waals surface area contributed by atoms with E-state index in [-0.39, 0.29) is 0 Å². The Hall–Kier alpha value is -0.810. The molecule has 1 saturated carbocycles. The van der Waals surface area contributed by atoms with Crippen molar-refractivity contribution in [3.8, 4) is 0 Å². The number of nitrogens with one attached hydrogen (secondary N) is 2. The van der Waals surface area contributed by atoms with Crippen molar-refractivity contribution in [2.75, 3.05) is 40.0 Å². The molecule has 2 fully saturated rings. The van der Waals surface area contributed by atoms with Crippen molar-refractivity contribution in [3.63, 3.8) is 0 Å². The van der Waals surface area contributed by atoms with Crippen molar-refractivity contribution in [1.82, 2.24) is 10.6 Å². The molecule has 0 radical (unpaired) electrons. The molecule has 1 aliphatic carbocycles. The Labute approximate surface area is 141 Å². The van der Waals surface area contributed by atoms with E-state index < -0.39 is 0 Å². The van der Waals surface area contributed by atoms with Crippen LogP contribution in [0.25, 0.3) is 0 Å². The molecule has 0 spiro atoms. The van der Waals surface area contributed by atoms with Crippen molar-refractivity contribution in [3.05, 3.63) is 0 Å². The van der Waals surface area contributed by atoms with Gasteiger partial charge in [0.05, 0.1) is 12.7 Å². The average molecular weight is 325 g/mol. The second-order valence-electron chi connectivity index (χ2n) is 7.53. The fourth-order valence-electron chi connectivity index (χ4n) is 3.56. The summed E-state index contributed by atoms with van der Waals surface area (Å²) in [7, 11) is 1.84. The first-order valence-corrected chi connectivity index (χ1v) is 9.25. The van der Waals surface area contributed by atoms with Crippen LogP contribution in [0, 0.1) is 11.3 Å². The Kier molecular flexibility index (Phi) is 7.63. The SMILES string of the molecule is CN=C(NCCCOC1CCOC1)NCC(C)(C)C1CCCC1. The van der Waals surface area contributed by atoms with E-state index in [0.29, 0.717) is 11.5 Å². The lowest BCUT2D eigenvalue weighted by molar-refractivity contribution is 0.0420. The summed E-state index contributed by atoms with van der Waals surface area (Å²) >= 11 is 0. The van der Waals surface area contributed by atoms with E-state index in [1.54, 1.807) is 0 Å². The van der Waals surface area contributed by atoms with Gasteiger partial charge in [-0.3, -0.25) is 4.99 Å². The molecule has 0 aromatic heterocycles. The zero-order valence-corrected chi connectivity index (χ0v) is 15.2. The van der Waals surface area contributed by atoms with Crippen molar-refractivity contribution < 1.29 is 9.47 Å². The van der Waals surface area contributed by atoms with Crippen LogP contribution in [0.1, 0.15) is 52.4 Å². The molecule has 1 atom stereocenters. The first-order chi connectivity index (χ1) is 11.1. The number of ether oxygens (including phenoxy) is 2. The molecule has 0 aromatic rings. The molecular weight excluding hydrogens is 290 g/mol. The highest BCUT2D eigenvalue weighted by atomic mass is 16.5. The first kappa shape index (κ1) is 18.5. The normalized spacial score (nSPS) is 23.4. The minimum Gasteiger partial charge on any atom is -0.379 e. The third-order valence-electron chi connectivity index (χ3n) is 5.25. The van der Waals surface area contributed by atoms with Gasteiger partial charge in [0, 0.05) is 33.4 Å². The standard InChI is InChI=1S/C18H35N3O2/c1-18(2,15-7-4-5-8-15)14-21-17(19-3)20-10-6-11-23-16-9-12-22-13-16/h15-16H,4-14H2,1-3H3,(H2,19,20,21). The van der Waals surface area contributed by atoms with E-state index in [4.69, 9.17) is 9.47 Å².